The molecule has 2 heterocycles. The van der Waals surface area contributed by atoms with Crippen LogP contribution in [0.1, 0.15) is 18.1 Å². The standard InChI is InChI=1S/C20H21N5O/c1-14(25-11-10-15-4-2-3-5-17(15)12-25)20(26)23-18-8-6-16(7-9-18)19-21-13-22-24-19/h2-9,13-14H,10-12H2,1H3,(H,23,26)(H,21,22,24)/t14-/m0/s1. The van der Waals surface area contributed by atoms with Crippen molar-refractivity contribution in [3.05, 3.63) is 66.0 Å². The molecule has 6 heteroatoms. The van der Waals surface area contributed by atoms with Gasteiger partial charge in [-0.2, -0.15) is 5.10 Å². The fraction of sp³-hybridized carbons (Fsp3) is 0.250. The molecule has 2 N–H and O–H groups in total. The van der Waals surface area contributed by atoms with Crippen molar-refractivity contribution in [3.63, 3.8) is 0 Å². The molecule has 0 aliphatic carbocycles. The van der Waals surface area contributed by atoms with E-state index < -0.39 is 0 Å². The highest BCUT2D eigenvalue weighted by Crippen LogP contribution is 2.21. The van der Waals surface area contributed by atoms with Crippen LogP contribution in [0.4, 0.5) is 5.69 Å². The number of amides is 1. The Morgan fingerprint density at radius 1 is 1.15 bits per heavy atom. The van der Waals surface area contributed by atoms with E-state index in [1.165, 1.54) is 17.5 Å². The number of carbonyl (C=O) groups excluding carboxylic acids is 1. The largest absolute Gasteiger partial charge is 0.325 e. The molecule has 132 valence electrons. The van der Waals surface area contributed by atoms with E-state index in [-0.39, 0.29) is 11.9 Å². The number of aromatic amines is 1. The number of anilines is 1. The number of hydrogen-bond donors (Lipinski definition) is 2. The third-order valence-electron chi connectivity index (χ3n) is 4.93. The van der Waals surface area contributed by atoms with Gasteiger partial charge in [-0.1, -0.05) is 24.3 Å². The normalized spacial score (nSPS) is 15.3. The van der Waals surface area contributed by atoms with Crippen molar-refractivity contribution in [2.45, 2.75) is 25.9 Å². The first-order chi connectivity index (χ1) is 12.7. The molecule has 6 nitrogen and oxygen atoms in total. The minimum absolute atomic E-state index is 0.0109. The Morgan fingerprint density at radius 2 is 1.92 bits per heavy atom. The van der Waals surface area contributed by atoms with Crippen molar-refractivity contribution in [1.29, 1.82) is 0 Å². The number of hydrogen-bond acceptors (Lipinski definition) is 4. The Balaban J connectivity index is 1.40. The predicted octanol–water partition coefficient (Wildman–Crippen LogP) is 2.86. The highest BCUT2D eigenvalue weighted by Gasteiger charge is 2.25. The fourth-order valence-electron chi connectivity index (χ4n) is 3.32. The van der Waals surface area contributed by atoms with Gasteiger partial charge in [0, 0.05) is 24.3 Å². The van der Waals surface area contributed by atoms with Gasteiger partial charge in [0.2, 0.25) is 5.91 Å². The molecule has 0 unspecified atom stereocenters. The average Bonchev–Trinajstić information content (AvgIpc) is 3.22. The minimum atomic E-state index is -0.183. The summed E-state index contributed by atoms with van der Waals surface area (Å²) in [4.78, 5) is 19.0. The highest BCUT2D eigenvalue weighted by molar-refractivity contribution is 5.94. The van der Waals surface area contributed by atoms with Gasteiger partial charge in [0.15, 0.2) is 5.82 Å². The van der Waals surface area contributed by atoms with E-state index in [1.807, 2.05) is 31.2 Å². The van der Waals surface area contributed by atoms with E-state index in [0.29, 0.717) is 5.82 Å². The molecule has 1 amide bonds. The molecule has 0 fully saturated rings. The van der Waals surface area contributed by atoms with Gasteiger partial charge in [0.05, 0.1) is 6.04 Å². The quantitative estimate of drug-likeness (QED) is 0.761. The molecule has 0 bridgehead atoms. The first kappa shape index (κ1) is 16.5. The first-order valence-electron chi connectivity index (χ1n) is 8.78. The Morgan fingerprint density at radius 3 is 2.65 bits per heavy atom. The van der Waals surface area contributed by atoms with Gasteiger partial charge in [-0.3, -0.25) is 14.8 Å². The number of rotatable bonds is 4. The zero-order valence-corrected chi connectivity index (χ0v) is 14.6. The monoisotopic (exact) mass is 347 g/mol. The number of carbonyl (C=O) groups is 1. The van der Waals surface area contributed by atoms with Crippen molar-refractivity contribution in [2.75, 3.05) is 11.9 Å². The maximum Gasteiger partial charge on any atom is 0.241 e. The van der Waals surface area contributed by atoms with Crippen LogP contribution in [0.3, 0.4) is 0 Å². The lowest BCUT2D eigenvalue weighted by Gasteiger charge is -2.32. The molecule has 26 heavy (non-hydrogen) atoms. The van der Waals surface area contributed by atoms with Gasteiger partial charge >= 0.3 is 0 Å². The summed E-state index contributed by atoms with van der Waals surface area (Å²) in [6.45, 7) is 3.68. The molecule has 1 aliphatic rings. The Hall–Kier alpha value is -2.99. The molecule has 0 saturated heterocycles. The molecule has 4 rings (SSSR count). The lowest BCUT2D eigenvalue weighted by Crippen LogP contribution is -2.44. The molecule has 1 atom stereocenters. The second kappa shape index (κ2) is 7.09. The average molecular weight is 347 g/mol. The molecule has 2 aromatic carbocycles. The number of fused-ring (bicyclic) bond motifs is 1. The van der Waals surface area contributed by atoms with Crippen molar-refractivity contribution in [3.8, 4) is 11.4 Å². The maximum atomic E-state index is 12.7. The van der Waals surface area contributed by atoms with Crippen LogP contribution >= 0.6 is 0 Å². The van der Waals surface area contributed by atoms with Gasteiger partial charge in [0.1, 0.15) is 6.33 Å². The van der Waals surface area contributed by atoms with Crippen LogP contribution < -0.4 is 5.32 Å². The highest BCUT2D eigenvalue weighted by atomic mass is 16.2. The smallest absolute Gasteiger partial charge is 0.241 e. The van der Waals surface area contributed by atoms with Crippen LogP contribution in [-0.2, 0) is 17.8 Å². The van der Waals surface area contributed by atoms with Crippen LogP contribution in [-0.4, -0.2) is 38.6 Å². The molecule has 3 aromatic rings. The lowest BCUT2D eigenvalue weighted by atomic mass is 9.99. The lowest BCUT2D eigenvalue weighted by molar-refractivity contribution is -0.121. The maximum absolute atomic E-state index is 12.7. The van der Waals surface area contributed by atoms with Crippen LogP contribution in [0.15, 0.2) is 54.9 Å². The van der Waals surface area contributed by atoms with Crippen molar-refractivity contribution in [2.24, 2.45) is 0 Å². The number of H-pyrrole nitrogens is 1. The number of benzene rings is 2. The predicted molar refractivity (Wildman–Crippen MR) is 100 cm³/mol. The number of nitrogens with zero attached hydrogens (tertiary/aromatic N) is 3. The topological polar surface area (TPSA) is 73.9 Å². The molecule has 0 radical (unpaired) electrons. The van der Waals surface area contributed by atoms with Gasteiger partial charge in [-0.05, 0) is 48.7 Å². The molecular formula is C20H21N5O. The summed E-state index contributed by atoms with van der Waals surface area (Å²) in [6.07, 6.45) is 2.46. The van der Waals surface area contributed by atoms with Crippen molar-refractivity contribution in [1.82, 2.24) is 20.1 Å². The Bertz CT molecular complexity index is 889. The van der Waals surface area contributed by atoms with E-state index >= 15 is 0 Å². The van der Waals surface area contributed by atoms with Gasteiger partial charge < -0.3 is 5.32 Å². The zero-order valence-electron chi connectivity index (χ0n) is 14.6. The zero-order chi connectivity index (χ0) is 17.9. The Kier molecular flexibility index (Phi) is 4.50. The second-order valence-electron chi connectivity index (χ2n) is 6.57. The summed E-state index contributed by atoms with van der Waals surface area (Å²) < 4.78 is 0. The first-order valence-corrected chi connectivity index (χ1v) is 8.78. The molecule has 1 aromatic heterocycles. The summed E-state index contributed by atoms with van der Waals surface area (Å²) in [5.74, 6) is 0.722. The van der Waals surface area contributed by atoms with Crippen molar-refractivity contribution >= 4 is 11.6 Å². The van der Waals surface area contributed by atoms with Crippen LogP contribution in [0.25, 0.3) is 11.4 Å². The molecular weight excluding hydrogens is 326 g/mol. The summed E-state index contributed by atoms with van der Waals surface area (Å²) >= 11 is 0. The number of aromatic nitrogens is 3. The van der Waals surface area contributed by atoms with Crippen LogP contribution in [0.2, 0.25) is 0 Å². The van der Waals surface area contributed by atoms with E-state index in [4.69, 9.17) is 0 Å². The SMILES string of the molecule is C[C@@H](C(=O)Nc1ccc(-c2ncn[nH]2)cc1)N1CCc2ccccc2C1. The van der Waals surface area contributed by atoms with E-state index in [2.05, 4.69) is 49.7 Å². The van der Waals surface area contributed by atoms with Crippen LogP contribution in [0.5, 0.6) is 0 Å². The molecule has 0 spiro atoms. The van der Waals surface area contributed by atoms with Gasteiger partial charge in [0.25, 0.3) is 0 Å². The third kappa shape index (κ3) is 3.36. The van der Waals surface area contributed by atoms with E-state index in [0.717, 1.165) is 30.8 Å². The van der Waals surface area contributed by atoms with Crippen molar-refractivity contribution < 1.29 is 4.79 Å². The van der Waals surface area contributed by atoms with Gasteiger partial charge in [-0.25, -0.2) is 4.98 Å². The summed E-state index contributed by atoms with van der Waals surface area (Å²) in [5, 5.41) is 9.69. The number of nitrogens with one attached hydrogen (secondary N) is 2. The van der Waals surface area contributed by atoms with E-state index in [9.17, 15) is 4.79 Å². The minimum Gasteiger partial charge on any atom is -0.325 e. The van der Waals surface area contributed by atoms with Gasteiger partial charge in [-0.15, -0.1) is 0 Å². The second-order valence-corrected chi connectivity index (χ2v) is 6.57. The van der Waals surface area contributed by atoms with E-state index in [1.54, 1.807) is 0 Å². The summed E-state index contributed by atoms with van der Waals surface area (Å²) in [6, 6.07) is 15.9. The Labute approximate surface area is 152 Å². The molecule has 0 saturated carbocycles. The summed E-state index contributed by atoms with van der Waals surface area (Å²) in [5.41, 5.74) is 4.41. The van der Waals surface area contributed by atoms with Crippen LogP contribution in [0, 0.1) is 0 Å². The summed E-state index contributed by atoms with van der Waals surface area (Å²) in [7, 11) is 0. The fourth-order valence-corrected chi connectivity index (χ4v) is 3.32. The molecule has 1 aliphatic heterocycles. The third-order valence-corrected chi connectivity index (χ3v) is 4.93.